The highest BCUT2D eigenvalue weighted by atomic mass is 16.5. The first-order valence-electron chi connectivity index (χ1n) is 4.40. The van der Waals surface area contributed by atoms with E-state index in [1.54, 1.807) is 0 Å². The Morgan fingerprint density at radius 2 is 2.62 bits per heavy atom. The summed E-state index contributed by atoms with van der Waals surface area (Å²) in [7, 11) is 0. The van der Waals surface area contributed by atoms with Crippen LogP contribution in [0.4, 0.5) is 0 Å². The summed E-state index contributed by atoms with van der Waals surface area (Å²) < 4.78 is 5.30. The third-order valence-corrected chi connectivity index (χ3v) is 2.15. The van der Waals surface area contributed by atoms with Crippen LogP contribution in [-0.2, 0) is 4.74 Å². The van der Waals surface area contributed by atoms with E-state index in [-0.39, 0.29) is 12.3 Å². The first kappa shape index (κ1) is 8.51. The molecule has 0 aromatic carbocycles. The first-order valence-corrected chi connectivity index (χ1v) is 4.40. The highest BCUT2D eigenvalue weighted by Gasteiger charge is 2.36. The Bertz CT molecular complexity index is 287. The Balaban J connectivity index is 2.16. The summed E-state index contributed by atoms with van der Waals surface area (Å²) in [4.78, 5) is 3.96. The molecule has 2 aliphatic heterocycles. The van der Waals surface area contributed by atoms with E-state index in [0.717, 1.165) is 12.1 Å². The second-order valence-corrected chi connectivity index (χ2v) is 3.15. The number of nitrogens with zero attached hydrogens (tertiary/aromatic N) is 1. The van der Waals surface area contributed by atoms with Crippen molar-refractivity contribution in [3.05, 3.63) is 17.4 Å². The molecule has 0 aromatic rings. The Morgan fingerprint density at radius 1 is 1.85 bits per heavy atom. The summed E-state index contributed by atoms with van der Waals surface area (Å²) in [5.74, 6) is 0. The van der Waals surface area contributed by atoms with Crippen molar-refractivity contribution in [1.82, 2.24) is 5.32 Å². The van der Waals surface area contributed by atoms with Crippen molar-refractivity contribution in [2.24, 2.45) is 10.7 Å². The van der Waals surface area contributed by atoms with Crippen LogP contribution in [0.1, 0.15) is 6.92 Å². The molecule has 2 heterocycles. The van der Waals surface area contributed by atoms with Crippen molar-refractivity contribution < 1.29 is 4.74 Å². The molecule has 70 valence electrons. The van der Waals surface area contributed by atoms with Gasteiger partial charge in [0.2, 0.25) is 0 Å². The SMILES string of the molecule is CC=C=C(C1CN1)C1OC=NC1N. The summed E-state index contributed by atoms with van der Waals surface area (Å²) in [6.45, 7) is 2.92. The number of aliphatic imine (C=N–C) groups is 1. The summed E-state index contributed by atoms with van der Waals surface area (Å²) in [5, 5.41) is 3.21. The van der Waals surface area contributed by atoms with E-state index >= 15 is 0 Å². The molecule has 13 heavy (non-hydrogen) atoms. The molecule has 4 nitrogen and oxygen atoms in total. The molecule has 1 fully saturated rings. The van der Waals surface area contributed by atoms with Gasteiger partial charge in [0.15, 0.2) is 12.5 Å². The average molecular weight is 179 g/mol. The summed E-state index contributed by atoms with van der Waals surface area (Å²) in [6.07, 6.45) is 2.90. The van der Waals surface area contributed by atoms with Crippen LogP contribution in [0.3, 0.4) is 0 Å². The van der Waals surface area contributed by atoms with Crippen LogP contribution in [0.25, 0.3) is 0 Å². The molecule has 0 aromatic heterocycles. The van der Waals surface area contributed by atoms with Gasteiger partial charge in [0.05, 0.1) is 6.04 Å². The number of hydrogen-bond donors (Lipinski definition) is 2. The maximum atomic E-state index is 5.75. The maximum absolute atomic E-state index is 5.75. The molecule has 3 N–H and O–H groups in total. The van der Waals surface area contributed by atoms with Gasteiger partial charge in [-0.05, 0) is 13.0 Å². The zero-order valence-electron chi connectivity index (χ0n) is 7.53. The second kappa shape index (κ2) is 3.34. The largest absolute Gasteiger partial charge is 0.472 e. The predicted molar refractivity (Wildman–Crippen MR) is 50.4 cm³/mol. The van der Waals surface area contributed by atoms with E-state index in [1.165, 1.54) is 6.40 Å². The van der Waals surface area contributed by atoms with Gasteiger partial charge in [-0.3, -0.25) is 0 Å². The lowest BCUT2D eigenvalue weighted by Gasteiger charge is -2.14. The number of ether oxygens (including phenoxy) is 1. The normalized spacial score (nSPS) is 35.1. The van der Waals surface area contributed by atoms with Crippen molar-refractivity contribution in [2.45, 2.75) is 25.2 Å². The van der Waals surface area contributed by atoms with Gasteiger partial charge in [0, 0.05) is 12.1 Å². The maximum Gasteiger partial charge on any atom is 0.172 e. The lowest BCUT2D eigenvalue weighted by Crippen LogP contribution is -2.33. The van der Waals surface area contributed by atoms with E-state index in [2.05, 4.69) is 16.0 Å². The van der Waals surface area contributed by atoms with Crippen LogP contribution in [0, 0.1) is 0 Å². The molecule has 0 radical (unpaired) electrons. The average Bonchev–Trinajstić information content (AvgIpc) is 2.86. The summed E-state index contributed by atoms with van der Waals surface area (Å²) in [6, 6.07) is 0.383. The van der Waals surface area contributed by atoms with Gasteiger partial charge in [-0.15, -0.1) is 5.73 Å². The topological polar surface area (TPSA) is 69.5 Å². The van der Waals surface area contributed by atoms with Gasteiger partial charge < -0.3 is 15.8 Å². The summed E-state index contributed by atoms with van der Waals surface area (Å²) in [5.41, 5.74) is 9.99. The highest BCUT2D eigenvalue weighted by molar-refractivity contribution is 5.51. The Hall–Kier alpha value is -1.09. The zero-order valence-corrected chi connectivity index (χ0v) is 7.53. The van der Waals surface area contributed by atoms with Gasteiger partial charge in [-0.1, -0.05) is 0 Å². The lowest BCUT2D eigenvalue weighted by atomic mass is 10.1. The third kappa shape index (κ3) is 1.65. The van der Waals surface area contributed by atoms with E-state index < -0.39 is 0 Å². The fourth-order valence-electron chi connectivity index (χ4n) is 1.41. The van der Waals surface area contributed by atoms with E-state index in [0.29, 0.717) is 6.04 Å². The standard InChI is InChI=1S/C9H13N3O/c1-2-3-6(7-4-11-7)8-9(10)12-5-13-8/h2,5,7-9,11H,4,10H2,1H3. The molecule has 0 saturated carbocycles. The molecule has 0 amide bonds. The monoisotopic (exact) mass is 179 g/mol. The lowest BCUT2D eigenvalue weighted by molar-refractivity contribution is 0.236. The summed E-state index contributed by atoms with van der Waals surface area (Å²) >= 11 is 0. The minimum atomic E-state index is -0.273. The van der Waals surface area contributed by atoms with Crippen LogP contribution in [0.5, 0.6) is 0 Å². The Morgan fingerprint density at radius 3 is 3.08 bits per heavy atom. The Labute approximate surface area is 77.2 Å². The minimum Gasteiger partial charge on any atom is -0.472 e. The third-order valence-electron chi connectivity index (χ3n) is 2.15. The van der Waals surface area contributed by atoms with E-state index in [4.69, 9.17) is 10.5 Å². The van der Waals surface area contributed by atoms with Gasteiger partial charge in [0.25, 0.3) is 0 Å². The van der Waals surface area contributed by atoms with Gasteiger partial charge in [0.1, 0.15) is 6.17 Å². The van der Waals surface area contributed by atoms with E-state index in [9.17, 15) is 0 Å². The highest BCUT2D eigenvalue weighted by Crippen LogP contribution is 2.21. The molecule has 0 bridgehead atoms. The van der Waals surface area contributed by atoms with Gasteiger partial charge in [-0.2, -0.15) is 0 Å². The number of nitrogens with one attached hydrogen (secondary N) is 1. The van der Waals surface area contributed by atoms with Crippen molar-refractivity contribution in [2.75, 3.05) is 6.54 Å². The van der Waals surface area contributed by atoms with Crippen molar-refractivity contribution in [3.8, 4) is 0 Å². The van der Waals surface area contributed by atoms with Crippen molar-refractivity contribution in [1.29, 1.82) is 0 Å². The first-order chi connectivity index (χ1) is 6.33. The van der Waals surface area contributed by atoms with Crippen LogP contribution >= 0.6 is 0 Å². The number of hydrogen-bond acceptors (Lipinski definition) is 4. The molecule has 2 rings (SSSR count). The van der Waals surface area contributed by atoms with Gasteiger partial charge >= 0.3 is 0 Å². The molecule has 2 aliphatic rings. The zero-order chi connectivity index (χ0) is 9.26. The number of nitrogens with two attached hydrogens (primary N) is 1. The second-order valence-electron chi connectivity index (χ2n) is 3.15. The molecule has 3 unspecified atom stereocenters. The smallest absolute Gasteiger partial charge is 0.172 e. The molecular formula is C9H13N3O. The number of rotatable bonds is 2. The minimum absolute atomic E-state index is 0.129. The quantitative estimate of drug-likeness (QED) is 0.454. The van der Waals surface area contributed by atoms with Crippen LogP contribution in [0.15, 0.2) is 22.4 Å². The van der Waals surface area contributed by atoms with Crippen LogP contribution in [0.2, 0.25) is 0 Å². The van der Waals surface area contributed by atoms with Crippen LogP contribution < -0.4 is 11.1 Å². The van der Waals surface area contributed by atoms with Crippen LogP contribution in [-0.4, -0.2) is 31.3 Å². The van der Waals surface area contributed by atoms with Gasteiger partial charge in [-0.25, -0.2) is 4.99 Å². The van der Waals surface area contributed by atoms with Crippen molar-refractivity contribution in [3.63, 3.8) is 0 Å². The van der Waals surface area contributed by atoms with E-state index in [1.807, 2.05) is 13.0 Å². The molecule has 0 aliphatic carbocycles. The fourth-order valence-corrected chi connectivity index (χ4v) is 1.41. The molecule has 1 saturated heterocycles. The molecular weight excluding hydrogens is 166 g/mol. The molecule has 0 spiro atoms. The predicted octanol–water partition coefficient (Wildman–Crippen LogP) is -0.228. The fraction of sp³-hybridized carbons (Fsp3) is 0.556. The Kier molecular flexibility index (Phi) is 2.19. The van der Waals surface area contributed by atoms with Crippen molar-refractivity contribution >= 4 is 6.40 Å². The molecule has 4 heteroatoms. The molecule has 3 atom stereocenters.